The Morgan fingerprint density at radius 2 is 0.783 bits per heavy atom. The molecule has 3 aromatic carbocycles. The van der Waals surface area contributed by atoms with E-state index in [1.165, 1.54) is 36.7 Å². The second-order valence-corrected chi connectivity index (χ2v) is 30.9. The van der Waals surface area contributed by atoms with Crippen LogP contribution in [-0.4, -0.2) is 276 Å². The summed E-state index contributed by atoms with van der Waals surface area (Å²) >= 11 is 8.49. The third kappa shape index (κ3) is 35.9. The molecule has 15 atom stereocenters. The van der Waals surface area contributed by atoms with E-state index in [1.807, 2.05) is 5.32 Å². The van der Waals surface area contributed by atoms with E-state index in [4.69, 9.17) is 34.1 Å². The summed E-state index contributed by atoms with van der Waals surface area (Å²) in [6.45, 7) is 2.49. The number of fused-ring (bicyclic) bond motifs is 2. The van der Waals surface area contributed by atoms with Crippen molar-refractivity contribution < 1.29 is 117 Å². The van der Waals surface area contributed by atoms with Gasteiger partial charge in [-0.3, -0.25) is 96.5 Å². The number of guanidine groups is 1. The highest BCUT2D eigenvalue weighted by Gasteiger charge is 2.40. The van der Waals surface area contributed by atoms with Gasteiger partial charge >= 0.3 is 11.9 Å². The molecular weight excluding hydrogens is 1730 g/mol. The molecule has 33 N–H and O–H groups in total. The van der Waals surface area contributed by atoms with E-state index in [1.54, 1.807) is 48.5 Å². The molecule has 2 heterocycles. The van der Waals surface area contributed by atoms with Crippen LogP contribution in [0.3, 0.4) is 0 Å². The minimum absolute atomic E-state index is 0.0316. The van der Waals surface area contributed by atoms with Crippen LogP contribution in [0.25, 0.3) is 21.8 Å². The lowest BCUT2D eigenvalue weighted by molar-refractivity contribution is -0.141. The predicted octanol–water partition coefficient (Wildman–Crippen LogP) is -7.81. The first-order valence-corrected chi connectivity index (χ1v) is 42.0. The molecule has 0 bridgehead atoms. The largest absolute Gasteiger partial charge is 0.508 e. The van der Waals surface area contributed by atoms with Crippen molar-refractivity contribution >= 4 is 165 Å². The van der Waals surface area contributed by atoms with Gasteiger partial charge in [0, 0.05) is 97.7 Å². The van der Waals surface area contributed by atoms with Crippen molar-refractivity contribution in [2.45, 2.75) is 208 Å². The number of primary amides is 3. The molecule has 0 saturated carbocycles. The SMILES string of the molecule is CC(=O)N[C@@H](CS)C(=O)N[C@@H](CCCNC(=N)N)C(=O)N[C@H](C(=O)N[C@@H](Cc1c[nH]c2ccccc12)C(=O)N[C@@H](CCC(N)=O)C(=O)N[C@@H](CS)C(=O)N[C@@H](Cc1ccc(O)cc1)C(=O)N[C@@H](Cc1c[nH]c2ccccc12)C(=O)N[C@@H](CCC(N)=O)C(=O)N[C@@H](CCC(=O)O)C(=O)N[C@@H](CCCCN)C(=O)NCC(=O)N[C@H](C(=O)N[C@@H](CC(=O)O)C(N)=O)[C@@H](C)O)[C@@H](C)O. The van der Waals surface area contributed by atoms with Gasteiger partial charge in [-0.05, 0) is 113 Å². The number of aliphatic hydroxyl groups is 2. The number of phenolic OH excluding ortho intramolecular Hbond substituents is 1. The third-order valence-electron chi connectivity index (χ3n) is 19.9. The van der Waals surface area contributed by atoms with E-state index in [-0.39, 0.29) is 68.7 Å². The maximum absolute atomic E-state index is 15.3. The number of hydrogen-bond donors (Lipinski definition) is 30. The number of hydrogen-bond acceptors (Lipinski definition) is 26. The minimum atomic E-state index is -1.90. The molecule has 704 valence electrons. The minimum Gasteiger partial charge on any atom is -0.508 e. The molecule has 5 rings (SSSR count). The lowest BCUT2D eigenvalue weighted by atomic mass is 10.0. The molecule has 0 saturated heterocycles. The number of phenols is 1. The molecule has 0 unspecified atom stereocenters. The van der Waals surface area contributed by atoms with Crippen LogP contribution < -0.4 is 108 Å². The zero-order chi connectivity index (χ0) is 95.9. The summed E-state index contributed by atoms with van der Waals surface area (Å²) in [5, 5.41) is 95.6. The molecule has 0 aliphatic rings. The maximum atomic E-state index is 15.3. The highest BCUT2D eigenvalue weighted by Crippen LogP contribution is 2.23. The number of carbonyl (C=O) groups excluding carboxylic acids is 17. The number of aliphatic carboxylic acids is 2. The first-order chi connectivity index (χ1) is 61.0. The Balaban J connectivity index is 1.47. The molecule has 0 fully saturated rings. The van der Waals surface area contributed by atoms with Crippen LogP contribution in [0.15, 0.2) is 85.2 Å². The summed E-state index contributed by atoms with van der Waals surface area (Å²) in [5.74, 6) is -23.1. The van der Waals surface area contributed by atoms with Gasteiger partial charge in [0.2, 0.25) is 100 Å². The van der Waals surface area contributed by atoms with Crippen LogP contribution in [0.1, 0.15) is 115 Å². The Hall–Kier alpha value is -13.7. The number of aromatic hydroxyl groups is 1. The number of unbranched alkanes of at least 4 members (excludes halogenated alkanes) is 1. The number of benzene rings is 3. The average Bonchev–Trinajstić information content (AvgIpc) is 1.67. The lowest BCUT2D eigenvalue weighted by Crippen LogP contribution is -2.62. The topological polar surface area (TPSA) is 791 Å². The Labute approximate surface area is 748 Å². The molecule has 0 spiro atoms. The van der Waals surface area contributed by atoms with Crippen LogP contribution in [-0.2, 0) is 110 Å². The highest BCUT2D eigenvalue weighted by molar-refractivity contribution is 7.80. The zero-order valence-corrected chi connectivity index (χ0v) is 72.4. The number of thiol groups is 2. The van der Waals surface area contributed by atoms with E-state index in [0.29, 0.717) is 32.9 Å². The maximum Gasteiger partial charge on any atom is 0.305 e. The first kappa shape index (κ1) is 106. The van der Waals surface area contributed by atoms with Gasteiger partial charge in [0.1, 0.15) is 84.3 Å². The number of H-pyrrole nitrogens is 2. The Morgan fingerprint density at radius 1 is 0.411 bits per heavy atom. The summed E-state index contributed by atoms with van der Waals surface area (Å²) in [7, 11) is 0. The first-order valence-electron chi connectivity index (χ1n) is 40.7. The van der Waals surface area contributed by atoms with E-state index in [9.17, 15) is 107 Å². The fourth-order valence-corrected chi connectivity index (χ4v) is 13.6. The van der Waals surface area contributed by atoms with Gasteiger partial charge in [0.25, 0.3) is 0 Å². The second kappa shape index (κ2) is 53.1. The van der Waals surface area contributed by atoms with Crippen molar-refractivity contribution in [1.82, 2.24) is 89.7 Å². The molecule has 17 amide bonds. The molecule has 2 aromatic heterocycles. The number of carboxylic acids is 2. The van der Waals surface area contributed by atoms with Crippen LogP contribution in [0.5, 0.6) is 5.75 Å². The number of nitrogens with one attached hydrogen (secondary N) is 18. The van der Waals surface area contributed by atoms with Gasteiger partial charge in [-0.25, -0.2) is 0 Å². The van der Waals surface area contributed by atoms with Crippen molar-refractivity contribution in [3.05, 3.63) is 102 Å². The highest BCUT2D eigenvalue weighted by atomic mass is 32.1. The van der Waals surface area contributed by atoms with Crippen LogP contribution in [0.2, 0.25) is 0 Å². The monoisotopic (exact) mass is 1840 g/mol. The summed E-state index contributed by atoms with van der Waals surface area (Å²) in [5.41, 5.74) is 29.7. The fourth-order valence-electron chi connectivity index (χ4n) is 13.1. The number of aromatic nitrogens is 2. The predicted molar refractivity (Wildman–Crippen MR) is 468 cm³/mol. The summed E-state index contributed by atoms with van der Waals surface area (Å²) < 4.78 is 0. The van der Waals surface area contributed by atoms with Crippen LogP contribution >= 0.6 is 25.3 Å². The molecule has 0 aliphatic carbocycles. The Morgan fingerprint density at radius 3 is 1.20 bits per heavy atom. The summed E-state index contributed by atoms with van der Waals surface area (Å²) in [6, 6.07) is -3.83. The Kier molecular flexibility index (Phi) is 43.5. The zero-order valence-electron chi connectivity index (χ0n) is 70.7. The molecular formula is C80H113N23O24S2. The van der Waals surface area contributed by atoms with Crippen LogP contribution in [0, 0.1) is 5.41 Å². The number of carbonyl (C=O) groups is 19. The van der Waals surface area contributed by atoms with Crippen molar-refractivity contribution in [2.24, 2.45) is 28.7 Å². The van der Waals surface area contributed by atoms with E-state index in [2.05, 4.69) is 110 Å². The number of carboxylic acid groups (broad SMARTS) is 2. The van der Waals surface area contributed by atoms with Gasteiger partial charge in [0.15, 0.2) is 5.96 Å². The van der Waals surface area contributed by atoms with Crippen molar-refractivity contribution in [2.75, 3.05) is 31.1 Å². The Bertz CT molecular complexity index is 4820. The lowest BCUT2D eigenvalue weighted by Gasteiger charge is -2.29. The summed E-state index contributed by atoms with van der Waals surface area (Å²) in [6.07, 6.45) is -6.57. The number of amides is 17. The molecule has 0 aliphatic heterocycles. The van der Waals surface area contributed by atoms with Crippen LogP contribution in [0.4, 0.5) is 0 Å². The molecule has 0 radical (unpaired) electrons. The molecule has 129 heavy (non-hydrogen) atoms. The second-order valence-electron chi connectivity index (χ2n) is 30.2. The number of nitrogens with two attached hydrogens (primary N) is 5. The fraction of sp³-hybridized carbons (Fsp3) is 0.475. The van der Waals surface area contributed by atoms with Gasteiger partial charge < -0.3 is 144 Å². The van der Waals surface area contributed by atoms with Crippen molar-refractivity contribution in [3.8, 4) is 5.75 Å². The van der Waals surface area contributed by atoms with Crippen molar-refractivity contribution in [1.29, 1.82) is 5.41 Å². The number of para-hydroxylation sites is 2. The molecule has 47 nitrogen and oxygen atoms in total. The third-order valence-corrected chi connectivity index (χ3v) is 20.6. The quantitative estimate of drug-likeness (QED) is 0.00744. The molecule has 5 aromatic rings. The van der Waals surface area contributed by atoms with Gasteiger partial charge in [-0.2, -0.15) is 25.3 Å². The summed E-state index contributed by atoms with van der Waals surface area (Å²) in [4.78, 5) is 265. The van der Waals surface area contributed by atoms with Crippen molar-refractivity contribution in [3.63, 3.8) is 0 Å². The number of rotatable bonds is 57. The molecule has 49 heteroatoms. The standard InChI is InChI=1S/C80H113N23O24S2/c1-38(104)65(78(126)97-54(67(84)115)32-64(113)114)102-62(110)35-90-68(116)49(15-8-9-27-81)92-70(118)53(23-26-63(111)112)94-69(117)51(21-24-60(82)108)95-74(122)56(30-42-33-88-47-13-6-4-11-45(42)47)99-73(121)55(29-41-17-19-44(107)20-18-41)98-77(125)59(37-129)101-71(119)52(22-25-61(83)109)96-75(123)57(31-43-34-89-48-14-7-5-12-46(43)48)100-79(127)66(39(2)105)103-72(120)50(16-10-28-87-80(85)86)93-76(124)58(36-128)91-40(3)106/h4-7,11-14,17-20,33-34,38-39,49-59,65-66,88-89,104-105,107,128-129H,8-10,15-16,21-32,35-37,81H2,1-3H3,(H2,82,108)(H2,83,109)(H2,84,115)(H,90,116)(H,91,106)(H,92,118)(H,93,124)(H,94,117)(H,95,122)(H,96,123)(H,97,126)(H,98,125)(H,99,121)(H,100,127)(H,101,119)(H,102,110)(H,103,120)(H,111,112)(H,113,114)(H4,85,86,87)/t38-,39-,49+,50+,51+,52+,53+,54+,55+,56+,57+,58+,59+,65+,66+/m1/s1. The van der Waals surface area contributed by atoms with E-state index < -0.39 is 279 Å². The average molecular weight is 1850 g/mol. The number of aromatic amines is 2. The van der Waals surface area contributed by atoms with E-state index in [0.717, 1.165) is 20.8 Å². The van der Waals surface area contributed by atoms with Gasteiger partial charge in [-0.15, -0.1) is 0 Å². The normalized spacial score (nSPS) is 14.6. The number of aliphatic hydroxyl groups excluding tert-OH is 2. The van der Waals surface area contributed by atoms with Gasteiger partial charge in [-0.1, -0.05) is 48.5 Å². The van der Waals surface area contributed by atoms with Gasteiger partial charge in [0.05, 0.1) is 25.2 Å². The van der Waals surface area contributed by atoms with E-state index >= 15 is 9.59 Å². The smallest absolute Gasteiger partial charge is 0.305 e.